The lowest BCUT2D eigenvalue weighted by atomic mass is 10.2. The molecule has 0 amide bonds. The van der Waals surface area contributed by atoms with E-state index in [1.165, 1.54) is 5.56 Å². The number of hydrogen-bond donors (Lipinski definition) is 0. The highest BCUT2D eigenvalue weighted by atomic mass is 16.5. The second-order valence-corrected chi connectivity index (χ2v) is 5.40. The lowest BCUT2D eigenvalue weighted by Crippen LogP contribution is -2.12. The van der Waals surface area contributed by atoms with E-state index in [9.17, 15) is 4.79 Å². The van der Waals surface area contributed by atoms with Gasteiger partial charge in [-0.1, -0.05) is 38.1 Å². The van der Waals surface area contributed by atoms with E-state index < -0.39 is 0 Å². The number of aryl methyl sites for hydroxylation is 1. The molecule has 1 aromatic heterocycles. The summed E-state index contributed by atoms with van der Waals surface area (Å²) in [6.07, 6.45) is 1.73. The second-order valence-electron chi connectivity index (χ2n) is 5.40. The van der Waals surface area contributed by atoms with Gasteiger partial charge in [0.25, 0.3) is 0 Å². The maximum absolute atomic E-state index is 11.0. The smallest absolute Gasteiger partial charge is 0.172 e. The first-order chi connectivity index (χ1) is 10.1. The molecule has 5 heteroatoms. The molecule has 2 rings (SSSR count). The van der Waals surface area contributed by atoms with Gasteiger partial charge in [0.2, 0.25) is 0 Å². The molecule has 0 N–H and O–H groups in total. The van der Waals surface area contributed by atoms with E-state index in [1.54, 1.807) is 4.68 Å². The number of rotatable bonds is 7. The molecule has 0 spiro atoms. The Kier molecular flexibility index (Phi) is 5.09. The molecule has 0 aliphatic heterocycles. The van der Waals surface area contributed by atoms with E-state index in [0.29, 0.717) is 24.8 Å². The van der Waals surface area contributed by atoms with Gasteiger partial charge in [-0.2, -0.15) is 0 Å². The minimum Gasteiger partial charge on any atom is -0.487 e. The van der Waals surface area contributed by atoms with Crippen LogP contribution in [0.3, 0.4) is 0 Å². The Balaban J connectivity index is 2.10. The molecule has 0 bridgehead atoms. The van der Waals surface area contributed by atoms with Crippen molar-refractivity contribution in [2.45, 2.75) is 40.3 Å². The Labute approximate surface area is 124 Å². The van der Waals surface area contributed by atoms with Crippen LogP contribution >= 0.6 is 0 Å². The fraction of sp³-hybridized carbons (Fsp3) is 0.438. The molecule has 0 aliphatic carbocycles. The van der Waals surface area contributed by atoms with Crippen molar-refractivity contribution in [3.8, 4) is 5.75 Å². The van der Waals surface area contributed by atoms with Crippen LogP contribution in [0.25, 0.3) is 0 Å². The molecule has 0 atom stereocenters. The molecule has 0 saturated carbocycles. The van der Waals surface area contributed by atoms with Crippen LogP contribution < -0.4 is 4.74 Å². The highest BCUT2D eigenvalue weighted by Gasteiger charge is 2.14. The number of aromatic nitrogens is 3. The molecular weight excluding hydrogens is 266 g/mol. The van der Waals surface area contributed by atoms with Gasteiger partial charge >= 0.3 is 0 Å². The lowest BCUT2D eigenvalue weighted by molar-refractivity contribution is 0.111. The fourth-order valence-corrected chi connectivity index (χ4v) is 2.05. The van der Waals surface area contributed by atoms with Crippen molar-refractivity contribution in [2.24, 2.45) is 5.92 Å². The Bertz CT molecular complexity index is 588. The average molecular weight is 287 g/mol. The molecule has 112 valence electrons. The fourth-order valence-electron chi connectivity index (χ4n) is 2.05. The van der Waals surface area contributed by atoms with Crippen LogP contribution in [0.4, 0.5) is 0 Å². The van der Waals surface area contributed by atoms with Crippen molar-refractivity contribution < 1.29 is 9.53 Å². The number of carbonyl (C=O) groups is 1. The maximum Gasteiger partial charge on any atom is 0.172 e. The van der Waals surface area contributed by atoms with Gasteiger partial charge in [0.15, 0.2) is 12.0 Å². The number of aldehydes is 1. The van der Waals surface area contributed by atoms with E-state index in [0.717, 1.165) is 24.2 Å². The summed E-state index contributed by atoms with van der Waals surface area (Å²) in [4.78, 5) is 11.0. The summed E-state index contributed by atoms with van der Waals surface area (Å²) in [5, 5.41) is 7.91. The normalized spacial score (nSPS) is 10.9. The SMILES string of the molecule is CCc1ccc(OCc2c(C=O)nnn2CC(C)C)cc1. The molecule has 0 radical (unpaired) electrons. The third-order valence-corrected chi connectivity index (χ3v) is 3.22. The second kappa shape index (κ2) is 7.02. The van der Waals surface area contributed by atoms with Gasteiger partial charge in [0.1, 0.15) is 18.1 Å². The van der Waals surface area contributed by atoms with Gasteiger partial charge in [-0.15, -0.1) is 5.10 Å². The van der Waals surface area contributed by atoms with E-state index in [4.69, 9.17) is 4.74 Å². The Morgan fingerprint density at radius 3 is 2.57 bits per heavy atom. The van der Waals surface area contributed by atoms with Crippen molar-refractivity contribution in [3.05, 3.63) is 41.2 Å². The van der Waals surface area contributed by atoms with Crippen molar-refractivity contribution >= 4 is 6.29 Å². The largest absolute Gasteiger partial charge is 0.487 e. The zero-order valence-corrected chi connectivity index (χ0v) is 12.7. The van der Waals surface area contributed by atoms with Gasteiger partial charge in [-0.05, 0) is 30.0 Å². The summed E-state index contributed by atoms with van der Waals surface area (Å²) in [5.41, 5.74) is 2.33. The first-order valence-corrected chi connectivity index (χ1v) is 7.23. The number of nitrogens with zero attached hydrogens (tertiary/aromatic N) is 3. The Morgan fingerprint density at radius 1 is 1.29 bits per heavy atom. The van der Waals surface area contributed by atoms with Crippen LogP contribution in [0.15, 0.2) is 24.3 Å². The van der Waals surface area contributed by atoms with Gasteiger partial charge in [0, 0.05) is 6.54 Å². The molecule has 0 unspecified atom stereocenters. The molecular formula is C16H21N3O2. The maximum atomic E-state index is 11.0. The molecule has 0 fully saturated rings. The number of hydrogen-bond acceptors (Lipinski definition) is 4. The Morgan fingerprint density at radius 2 is 2.00 bits per heavy atom. The third kappa shape index (κ3) is 3.90. The van der Waals surface area contributed by atoms with Gasteiger partial charge in [0.05, 0.1) is 0 Å². The minimum absolute atomic E-state index is 0.291. The summed E-state index contributed by atoms with van der Waals surface area (Å²) < 4.78 is 7.50. The monoisotopic (exact) mass is 287 g/mol. The first-order valence-electron chi connectivity index (χ1n) is 7.23. The number of carbonyl (C=O) groups excluding carboxylic acids is 1. The number of ether oxygens (including phenoxy) is 1. The van der Waals surface area contributed by atoms with Crippen molar-refractivity contribution in [2.75, 3.05) is 0 Å². The van der Waals surface area contributed by atoms with E-state index in [-0.39, 0.29) is 0 Å². The third-order valence-electron chi connectivity index (χ3n) is 3.22. The summed E-state index contributed by atoms with van der Waals surface area (Å²) >= 11 is 0. The van der Waals surface area contributed by atoms with E-state index in [1.807, 2.05) is 24.3 Å². The number of benzene rings is 1. The van der Waals surface area contributed by atoms with Crippen molar-refractivity contribution in [1.29, 1.82) is 0 Å². The van der Waals surface area contributed by atoms with E-state index in [2.05, 4.69) is 31.1 Å². The van der Waals surface area contributed by atoms with E-state index >= 15 is 0 Å². The zero-order chi connectivity index (χ0) is 15.2. The molecule has 0 saturated heterocycles. The molecule has 21 heavy (non-hydrogen) atoms. The topological polar surface area (TPSA) is 57.0 Å². The molecule has 1 heterocycles. The van der Waals surface area contributed by atoms with Crippen molar-refractivity contribution in [1.82, 2.24) is 15.0 Å². The molecule has 1 aromatic carbocycles. The van der Waals surface area contributed by atoms with Gasteiger partial charge < -0.3 is 4.74 Å². The predicted octanol–water partition coefficient (Wildman–Crippen LogP) is 2.89. The molecule has 2 aromatic rings. The Hall–Kier alpha value is -2.17. The van der Waals surface area contributed by atoms with Gasteiger partial charge in [-0.3, -0.25) is 4.79 Å². The lowest BCUT2D eigenvalue weighted by Gasteiger charge is -2.10. The predicted molar refractivity (Wildman–Crippen MR) is 80.4 cm³/mol. The van der Waals surface area contributed by atoms with Crippen LogP contribution in [-0.4, -0.2) is 21.3 Å². The summed E-state index contributed by atoms with van der Waals surface area (Å²) in [5.74, 6) is 1.20. The standard InChI is InChI=1S/C16H21N3O2/c1-4-13-5-7-14(8-6-13)21-11-16-15(10-20)17-18-19(16)9-12(2)3/h5-8,10,12H,4,9,11H2,1-3H3. The molecule has 5 nitrogen and oxygen atoms in total. The van der Waals surface area contributed by atoms with Gasteiger partial charge in [-0.25, -0.2) is 4.68 Å². The molecule has 0 aliphatic rings. The summed E-state index contributed by atoms with van der Waals surface area (Å²) in [6, 6.07) is 7.96. The highest BCUT2D eigenvalue weighted by Crippen LogP contribution is 2.15. The van der Waals surface area contributed by atoms with Crippen molar-refractivity contribution in [3.63, 3.8) is 0 Å². The minimum atomic E-state index is 0.291. The quantitative estimate of drug-likeness (QED) is 0.735. The highest BCUT2D eigenvalue weighted by molar-refractivity contribution is 5.73. The van der Waals surface area contributed by atoms with Crippen LogP contribution in [0.1, 0.15) is 42.5 Å². The average Bonchev–Trinajstić information content (AvgIpc) is 2.86. The van der Waals surface area contributed by atoms with Crippen LogP contribution in [0.2, 0.25) is 0 Å². The summed E-state index contributed by atoms with van der Waals surface area (Å²) in [7, 11) is 0. The first kappa shape index (κ1) is 15.2. The zero-order valence-electron chi connectivity index (χ0n) is 12.7. The summed E-state index contributed by atoms with van der Waals surface area (Å²) in [6.45, 7) is 7.31. The van der Waals surface area contributed by atoms with Crippen LogP contribution in [0, 0.1) is 5.92 Å². The van der Waals surface area contributed by atoms with Crippen LogP contribution in [0.5, 0.6) is 5.75 Å². The van der Waals surface area contributed by atoms with Crippen LogP contribution in [-0.2, 0) is 19.6 Å².